The summed E-state index contributed by atoms with van der Waals surface area (Å²) < 4.78 is 16.5. The molecule has 2 aliphatic rings. The molecule has 5 heterocycles. The highest BCUT2D eigenvalue weighted by Crippen LogP contribution is 2.37. The molecule has 2 aliphatic heterocycles. The maximum atomic E-state index is 5.51. The van der Waals surface area contributed by atoms with E-state index < -0.39 is 0 Å². The number of H-pyrrole nitrogens is 1. The number of thiophene rings is 2. The van der Waals surface area contributed by atoms with E-state index in [0.29, 0.717) is 0 Å². The van der Waals surface area contributed by atoms with E-state index in [9.17, 15) is 0 Å². The number of rotatable bonds is 6. The summed E-state index contributed by atoms with van der Waals surface area (Å²) in [5.74, 6) is 2.45. The van der Waals surface area contributed by atoms with Crippen molar-refractivity contribution in [3.05, 3.63) is 174 Å². The minimum absolute atomic E-state index is 0.804. The van der Waals surface area contributed by atoms with Crippen molar-refractivity contribution in [2.24, 2.45) is 4.99 Å². The maximum absolute atomic E-state index is 5.51. The van der Waals surface area contributed by atoms with Gasteiger partial charge in [-0.25, -0.2) is 4.99 Å². The maximum Gasteiger partial charge on any atom is 0.118 e. The molecule has 0 saturated heterocycles. The van der Waals surface area contributed by atoms with Gasteiger partial charge in [0.25, 0.3) is 0 Å². The first kappa shape index (κ1) is 30.7. The molecule has 0 radical (unpaired) electrons. The summed E-state index contributed by atoms with van der Waals surface area (Å²) in [7, 11) is 5.07. The van der Waals surface area contributed by atoms with Gasteiger partial charge in [0.2, 0.25) is 0 Å². The van der Waals surface area contributed by atoms with Crippen LogP contribution in [0.25, 0.3) is 28.9 Å². The smallest absolute Gasteiger partial charge is 0.118 e. The first-order chi connectivity index (χ1) is 24.1. The molecule has 0 fully saturated rings. The third kappa shape index (κ3) is 5.99. The molecular weight excluding hydrogens is 645 g/mol. The van der Waals surface area contributed by atoms with Crippen LogP contribution in [0.3, 0.4) is 0 Å². The Balaban J connectivity index is 1.43. The van der Waals surface area contributed by atoms with Crippen molar-refractivity contribution >= 4 is 57.3 Å². The third-order valence-corrected chi connectivity index (χ3v) is 10.8. The standard InChI is InChI=1S/C42H32N2O3S2/c1-45-29-10-4-26(5-11-29)40-34-20-22-36(43-34)41(27-6-12-30(46-2)13-7-27)38-24-18-32(48-38)16-17-33-19-25-39(49-33)42(37-23-21-35(40)44-37)28-8-14-31(47-3)15-9-28/h4-25,43H,1-3H3/b17-16-,32-16?,33-17?,40-34-,40-35?,41-36-,41-38?,42-37-,42-39?. The largest absolute Gasteiger partial charge is 0.497 e. The van der Waals surface area contributed by atoms with Gasteiger partial charge in [0.1, 0.15) is 17.2 Å². The summed E-state index contributed by atoms with van der Waals surface area (Å²) in [5, 5.41) is 1.99. The van der Waals surface area contributed by atoms with E-state index in [4.69, 9.17) is 19.2 Å². The predicted octanol–water partition coefficient (Wildman–Crippen LogP) is 8.56. The van der Waals surface area contributed by atoms with Crippen LogP contribution in [0.15, 0.2) is 132 Å². The molecule has 3 aromatic carbocycles. The molecule has 0 amide bonds. The van der Waals surface area contributed by atoms with E-state index in [0.717, 1.165) is 77.6 Å². The molecule has 8 rings (SSSR count). The lowest BCUT2D eigenvalue weighted by molar-refractivity contribution is 0.414. The first-order valence-electron chi connectivity index (χ1n) is 15.9. The van der Waals surface area contributed by atoms with Crippen molar-refractivity contribution in [3.8, 4) is 17.2 Å². The Bertz CT molecular complexity index is 2420. The highest BCUT2D eigenvalue weighted by Gasteiger charge is 2.20. The normalized spacial score (nSPS) is 18.1. The summed E-state index contributed by atoms with van der Waals surface area (Å²) in [5.41, 5.74) is 8.22. The minimum atomic E-state index is 0.804. The number of aliphatic imine (C=N–C) groups is 1. The minimum Gasteiger partial charge on any atom is -0.497 e. The summed E-state index contributed by atoms with van der Waals surface area (Å²) in [6.45, 7) is 0. The number of aromatic amines is 1. The number of methoxy groups -OCH3 is 3. The molecule has 5 nitrogen and oxygen atoms in total. The van der Waals surface area contributed by atoms with E-state index in [1.807, 2.05) is 36.4 Å². The third-order valence-electron chi connectivity index (χ3n) is 8.67. The van der Waals surface area contributed by atoms with Gasteiger partial charge in [-0.05, 0) is 114 Å². The second-order valence-corrected chi connectivity index (χ2v) is 13.8. The van der Waals surface area contributed by atoms with Crippen molar-refractivity contribution in [1.29, 1.82) is 0 Å². The zero-order valence-corrected chi connectivity index (χ0v) is 28.8. The van der Waals surface area contributed by atoms with E-state index >= 15 is 0 Å². The lowest BCUT2D eigenvalue weighted by atomic mass is 10.0. The summed E-state index contributed by atoms with van der Waals surface area (Å²) >= 11 is 3.53. The SMILES string of the molecule is COc1ccc(/C2=C3\C=CC(=N3)/C(c3ccc(OC)cc3)=c3/cc/c([nH]3)=C(\c3ccc(OC)cc3)c3ccc(s3)/C=C\c3ccc2s3)cc1. The average Bonchev–Trinajstić information content (AvgIpc) is 3.98. The van der Waals surface area contributed by atoms with E-state index in [2.05, 4.69) is 102 Å². The molecule has 0 unspecified atom stereocenters. The number of fused-ring (bicyclic) bond motifs is 7. The number of allylic oxidation sites excluding steroid dienone is 2. The lowest BCUT2D eigenvalue weighted by Gasteiger charge is -2.10. The van der Waals surface area contributed by atoms with Crippen LogP contribution in [0.5, 0.6) is 17.2 Å². The molecule has 6 aromatic rings. The van der Waals surface area contributed by atoms with Crippen molar-refractivity contribution in [2.45, 2.75) is 0 Å². The van der Waals surface area contributed by atoms with Gasteiger partial charge >= 0.3 is 0 Å². The Labute approximate surface area is 292 Å². The Morgan fingerprint density at radius 3 is 1.41 bits per heavy atom. The number of hydrogen-bond donors (Lipinski definition) is 1. The number of ether oxygens (including phenoxy) is 3. The van der Waals surface area contributed by atoms with Gasteiger partial charge in [0, 0.05) is 46.9 Å². The quantitative estimate of drug-likeness (QED) is 0.192. The molecule has 0 spiro atoms. The van der Waals surface area contributed by atoms with Crippen molar-refractivity contribution in [2.75, 3.05) is 21.3 Å². The topological polar surface area (TPSA) is 55.8 Å². The van der Waals surface area contributed by atoms with Gasteiger partial charge in [-0.2, -0.15) is 0 Å². The van der Waals surface area contributed by atoms with Crippen LogP contribution in [-0.2, 0) is 0 Å². The second-order valence-electron chi connectivity index (χ2n) is 11.5. The van der Waals surface area contributed by atoms with Crippen LogP contribution in [0.4, 0.5) is 0 Å². The Morgan fingerprint density at radius 2 is 0.898 bits per heavy atom. The average molecular weight is 677 g/mol. The molecule has 0 aliphatic carbocycles. The van der Waals surface area contributed by atoms with E-state index in [1.165, 1.54) is 14.6 Å². The molecule has 7 heteroatoms. The number of benzene rings is 3. The van der Waals surface area contributed by atoms with Gasteiger partial charge in [-0.15, -0.1) is 22.7 Å². The summed E-state index contributed by atoms with van der Waals surface area (Å²) in [6.07, 6.45) is 8.65. The van der Waals surface area contributed by atoms with Crippen molar-refractivity contribution < 1.29 is 14.2 Å². The number of nitrogens with one attached hydrogen (secondary N) is 1. The fraction of sp³-hybridized carbons (Fsp3) is 0.0714. The van der Waals surface area contributed by atoms with Gasteiger partial charge in [0.05, 0.1) is 32.7 Å². The van der Waals surface area contributed by atoms with Crippen LogP contribution < -0.4 is 24.9 Å². The number of aromatic nitrogens is 1. The molecule has 3 aromatic heterocycles. The first-order valence-corrected chi connectivity index (χ1v) is 17.5. The Morgan fingerprint density at radius 1 is 0.449 bits per heavy atom. The van der Waals surface area contributed by atoms with Crippen LogP contribution in [0, 0.1) is 0 Å². The molecule has 8 bridgehead atoms. The monoisotopic (exact) mass is 676 g/mol. The lowest BCUT2D eigenvalue weighted by Crippen LogP contribution is -2.19. The van der Waals surface area contributed by atoms with Crippen molar-refractivity contribution in [1.82, 2.24) is 4.98 Å². The number of hydrogen-bond acceptors (Lipinski definition) is 6. The Kier molecular flexibility index (Phi) is 8.21. The van der Waals surface area contributed by atoms with Gasteiger partial charge in [0.15, 0.2) is 0 Å². The predicted molar refractivity (Wildman–Crippen MR) is 203 cm³/mol. The molecule has 49 heavy (non-hydrogen) atoms. The molecule has 240 valence electrons. The molecule has 1 N–H and O–H groups in total. The van der Waals surface area contributed by atoms with E-state index in [1.54, 1.807) is 44.0 Å². The summed E-state index contributed by atoms with van der Waals surface area (Å²) in [4.78, 5) is 13.8. The van der Waals surface area contributed by atoms with Crippen molar-refractivity contribution in [3.63, 3.8) is 0 Å². The second kappa shape index (κ2) is 13.1. The zero-order valence-electron chi connectivity index (χ0n) is 27.2. The van der Waals surface area contributed by atoms with Crippen LogP contribution in [0.2, 0.25) is 0 Å². The fourth-order valence-electron chi connectivity index (χ4n) is 6.21. The van der Waals surface area contributed by atoms with Gasteiger partial charge in [-0.3, -0.25) is 0 Å². The molecular formula is C42H32N2O3S2. The molecule has 0 saturated carbocycles. The van der Waals surface area contributed by atoms with Crippen LogP contribution >= 0.6 is 22.7 Å². The number of nitrogens with zero attached hydrogens (tertiary/aromatic N) is 1. The highest BCUT2D eigenvalue weighted by molar-refractivity contribution is 7.15. The molecule has 0 atom stereocenters. The highest BCUT2D eigenvalue weighted by atomic mass is 32.1. The van der Waals surface area contributed by atoms with Gasteiger partial charge in [-0.1, -0.05) is 36.4 Å². The van der Waals surface area contributed by atoms with E-state index in [-0.39, 0.29) is 0 Å². The summed E-state index contributed by atoms with van der Waals surface area (Å²) in [6, 6.07) is 37.8. The van der Waals surface area contributed by atoms with Crippen LogP contribution in [0.1, 0.15) is 36.2 Å². The Hall–Kier alpha value is -5.63. The zero-order chi connectivity index (χ0) is 33.3. The van der Waals surface area contributed by atoms with Crippen LogP contribution in [-0.4, -0.2) is 32.0 Å². The fourth-order valence-corrected chi connectivity index (χ4v) is 8.19. The van der Waals surface area contributed by atoms with Gasteiger partial charge < -0.3 is 19.2 Å².